The Morgan fingerprint density at radius 3 is 2.45 bits per heavy atom. The van der Waals surface area contributed by atoms with Gasteiger partial charge in [0.25, 0.3) is 0 Å². The predicted octanol–water partition coefficient (Wildman–Crippen LogP) is 1.33. The van der Waals surface area contributed by atoms with Crippen molar-refractivity contribution in [2.24, 2.45) is 5.92 Å². The van der Waals surface area contributed by atoms with Crippen molar-refractivity contribution in [3.63, 3.8) is 0 Å². The van der Waals surface area contributed by atoms with E-state index < -0.39 is 0 Å². The number of hydrogen-bond donors (Lipinski definition) is 0. The first-order valence-corrected chi connectivity index (χ1v) is 4.05. The van der Waals surface area contributed by atoms with E-state index in [0.717, 1.165) is 12.5 Å². The molecule has 0 saturated carbocycles. The molecule has 1 aliphatic heterocycles. The van der Waals surface area contributed by atoms with E-state index in [9.17, 15) is 0 Å². The fourth-order valence-electron chi connectivity index (χ4n) is 1.76. The van der Waals surface area contributed by atoms with Gasteiger partial charge in [-0.15, -0.1) is 6.04 Å². The molecule has 2 nitrogen and oxygen atoms in total. The molecule has 3 heteroatoms. The van der Waals surface area contributed by atoms with Gasteiger partial charge in [0.2, 0.25) is 0 Å². The average Bonchev–Trinajstić information content (AvgIpc) is 2.30. The molecule has 2 unspecified atom stereocenters. The first-order valence-electron chi connectivity index (χ1n) is 4.05. The van der Waals surface area contributed by atoms with Crippen LogP contribution in [0.2, 0.25) is 0 Å². The first-order chi connectivity index (χ1) is 4.77. The van der Waals surface area contributed by atoms with Gasteiger partial charge in [0.05, 0.1) is 0 Å². The number of likely N-dealkylation sites (N-methyl/N-ethyl adjacent to an activating group) is 2. The largest absolute Gasteiger partial charge is 1.00 e. The van der Waals surface area contributed by atoms with Crippen molar-refractivity contribution < 1.29 is 19.5 Å². The van der Waals surface area contributed by atoms with Gasteiger partial charge in [0.15, 0.2) is 0 Å². The van der Waals surface area contributed by atoms with Crippen molar-refractivity contribution >= 4 is 0 Å². The summed E-state index contributed by atoms with van der Waals surface area (Å²) in [5.74, 6) is 0.815. The Bertz CT molecular complexity index is 96.3. The summed E-state index contributed by atoms with van der Waals surface area (Å²) >= 11 is 0. The van der Waals surface area contributed by atoms with Crippen molar-refractivity contribution in [1.29, 1.82) is 0 Å². The summed E-state index contributed by atoms with van der Waals surface area (Å²) in [6.07, 6.45) is 1.27. The van der Waals surface area contributed by atoms with Crippen LogP contribution in [0.3, 0.4) is 0 Å². The van der Waals surface area contributed by atoms with E-state index in [1.165, 1.54) is 13.0 Å². The quantitative estimate of drug-likeness (QED) is 0.668. The summed E-state index contributed by atoms with van der Waals surface area (Å²) in [6, 6.07) is 0.606. The molecular formula is C8H17N2Ru. The number of rotatable bonds is 2. The normalized spacial score (nSPS) is 31.9. The molecule has 67 valence electrons. The molecule has 0 aromatic carbocycles. The van der Waals surface area contributed by atoms with Gasteiger partial charge in [-0.1, -0.05) is 13.3 Å². The zero-order chi connectivity index (χ0) is 7.56. The molecule has 1 aliphatic rings. The number of likely N-dealkylation sites (tertiary alicyclic amines) is 1. The van der Waals surface area contributed by atoms with Gasteiger partial charge in [0.1, 0.15) is 0 Å². The van der Waals surface area contributed by atoms with Crippen molar-refractivity contribution in [3.05, 3.63) is 5.32 Å². The van der Waals surface area contributed by atoms with E-state index in [1.54, 1.807) is 0 Å². The fraction of sp³-hybridized carbons (Fsp3) is 1.00. The smallest absolute Gasteiger partial charge is 0.661 e. The van der Waals surface area contributed by atoms with Crippen LogP contribution in [0.1, 0.15) is 13.3 Å². The number of nitrogens with zero attached hydrogens (tertiary/aromatic N) is 2. The van der Waals surface area contributed by atoms with Gasteiger partial charge in [-0.2, -0.15) is 7.05 Å². The van der Waals surface area contributed by atoms with Crippen LogP contribution < -0.4 is 0 Å². The summed E-state index contributed by atoms with van der Waals surface area (Å²) in [5, 5.41) is 4.35. The van der Waals surface area contributed by atoms with E-state index in [-0.39, 0.29) is 19.5 Å². The van der Waals surface area contributed by atoms with Gasteiger partial charge in [-0.25, -0.2) is 0 Å². The summed E-state index contributed by atoms with van der Waals surface area (Å²) in [7, 11) is 4.11. The van der Waals surface area contributed by atoms with E-state index in [2.05, 4.69) is 24.2 Å². The molecular weight excluding hydrogens is 225 g/mol. The van der Waals surface area contributed by atoms with Crippen molar-refractivity contribution in [2.75, 3.05) is 27.2 Å². The second-order valence-electron chi connectivity index (χ2n) is 3.22. The Labute approximate surface area is 82.5 Å². The van der Waals surface area contributed by atoms with Crippen molar-refractivity contribution in [3.8, 4) is 0 Å². The van der Waals surface area contributed by atoms with Gasteiger partial charge >= 0.3 is 19.5 Å². The van der Waals surface area contributed by atoms with E-state index in [1.807, 2.05) is 7.05 Å². The van der Waals surface area contributed by atoms with Crippen LogP contribution in [-0.2, 0) is 19.5 Å². The summed E-state index contributed by atoms with van der Waals surface area (Å²) in [5.41, 5.74) is 0. The minimum atomic E-state index is 0. The zero-order valence-corrected chi connectivity index (χ0v) is 9.26. The molecule has 0 spiro atoms. The molecule has 0 aliphatic carbocycles. The first kappa shape index (κ1) is 11.5. The Kier molecular flexibility index (Phi) is 5.49. The third-order valence-electron chi connectivity index (χ3n) is 2.45. The van der Waals surface area contributed by atoms with Crippen LogP contribution in [0.5, 0.6) is 0 Å². The average molecular weight is 242 g/mol. The van der Waals surface area contributed by atoms with Crippen molar-refractivity contribution in [2.45, 2.75) is 19.4 Å². The second-order valence-corrected chi connectivity index (χ2v) is 3.22. The summed E-state index contributed by atoms with van der Waals surface area (Å²) < 4.78 is 0. The topological polar surface area (TPSA) is 17.3 Å². The third kappa shape index (κ3) is 2.81. The van der Waals surface area contributed by atoms with Crippen LogP contribution >= 0.6 is 0 Å². The monoisotopic (exact) mass is 243 g/mol. The van der Waals surface area contributed by atoms with Gasteiger partial charge in [-0.05, 0) is 26.1 Å². The third-order valence-corrected chi connectivity index (χ3v) is 2.45. The number of hydrogen-bond acceptors (Lipinski definition) is 1. The van der Waals surface area contributed by atoms with Crippen molar-refractivity contribution in [1.82, 2.24) is 4.90 Å². The van der Waals surface area contributed by atoms with Crippen LogP contribution in [0, 0.1) is 5.92 Å². The molecule has 11 heavy (non-hydrogen) atoms. The molecule has 2 atom stereocenters. The molecule has 0 bridgehead atoms. The van der Waals surface area contributed by atoms with Crippen LogP contribution in [-0.4, -0.2) is 38.1 Å². The minimum Gasteiger partial charge on any atom is -0.661 e. The SMILES string of the molecule is CCC1CN(C)CC1[N-]C.[Ru+]. The van der Waals surface area contributed by atoms with E-state index >= 15 is 0 Å². The molecule has 0 amide bonds. The summed E-state index contributed by atoms with van der Waals surface area (Å²) in [4.78, 5) is 2.37. The van der Waals surface area contributed by atoms with E-state index in [0.29, 0.717) is 6.04 Å². The maximum Gasteiger partial charge on any atom is 1.00 e. The molecule has 1 heterocycles. The molecule has 1 radical (unpaired) electrons. The maximum atomic E-state index is 4.35. The Morgan fingerprint density at radius 2 is 2.09 bits per heavy atom. The second kappa shape index (κ2) is 5.24. The summed E-state index contributed by atoms with van der Waals surface area (Å²) in [6.45, 7) is 4.65. The Hall–Kier alpha value is 0.543. The molecule has 0 aromatic heterocycles. The van der Waals surface area contributed by atoms with E-state index in [4.69, 9.17) is 0 Å². The molecule has 1 saturated heterocycles. The van der Waals surface area contributed by atoms with Crippen LogP contribution in [0.4, 0.5) is 0 Å². The standard InChI is InChI=1S/C8H17N2.Ru/c1-4-7-5-10(3)6-8(7)9-2;/h7-8H,4-6H2,1-3H3;/q-1;+1. The Morgan fingerprint density at radius 1 is 1.45 bits per heavy atom. The minimum absolute atomic E-state index is 0. The fourth-order valence-corrected chi connectivity index (χ4v) is 1.76. The van der Waals surface area contributed by atoms with Crippen LogP contribution in [0.15, 0.2) is 0 Å². The van der Waals surface area contributed by atoms with Gasteiger partial charge in [-0.3, -0.25) is 0 Å². The van der Waals surface area contributed by atoms with Gasteiger partial charge < -0.3 is 10.2 Å². The molecule has 1 fully saturated rings. The zero-order valence-electron chi connectivity index (χ0n) is 7.52. The maximum absolute atomic E-state index is 4.35. The Balaban J connectivity index is 0.000001000. The molecule has 1 rings (SSSR count). The van der Waals surface area contributed by atoms with Crippen LogP contribution in [0.25, 0.3) is 5.32 Å². The molecule has 0 aromatic rings. The van der Waals surface area contributed by atoms with Gasteiger partial charge in [0, 0.05) is 0 Å². The predicted molar refractivity (Wildman–Crippen MR) is 44.3 cm³/mol. The molecule has 0 N–H and O–H groups in total.